The maximum atomic E-state index is 11.2. The van der Waals surface area contributed by atoms with Crippen LogP contribution in [0.1, 0.15) is 110 Å². The van der Waals surface area contributed by atoms with Gasteiger partial charge in [-0.1, -0.05) is 152 Å². The van der Waals surface area contributed by atoms with Gasteiger partial charge in [0, 0.05) is 0 Å². The number of hydrogen-bond donors (Lipinski definition) is 1. The van der Waals surface area contributed by atoms with Gasteiger partial charge in [0.05, 0.1) is 18.2 Å². The Morgan fingerprint density at radius 1 is 0.500 bits per heavy atom. The number of carbonyl (C=O) groups is 2. The van der Waals surface area contributed by atoms with Crippen molar-refractivity contribution in [2.24, 2.45) is 23.7 Å². The van der Waals surface area contributed by atoms with Crippen LogP contribution in [0.4, 0.5) is 0 Å². The Hall–Kier alpha value is -5.16. The lowest BCUT2D eigenvalue weighted by Crippen LogP contribution is -2.02. The minimum absolute atomic E-state index is 0.268. The molecule has 0 saturated heterocycles. The van der Waals surface area contributed by atoms with Crippen molar-refractivity contribution < 1.29 is 24.2 Å². The first kappa shape index (κ1) is 47.0. The SMILES string of the molecule is CC(C)CCc1ccccc1.CC(C)Cc1cccc(C(=O)O)c1.CC(C)Cc1cccc(OCc2ccccc2)c1.COC(=O)c1cccc(CC(C)C)c1. The molecule has 1 N–H and O–H groups in total. The molecule has 5 aromatic rings. The molecule has 0 spiro atoms. The number of carboxylic acid groups (broad SMARTS) is 1. The fourth-order valence-electron chi connectivity index (χ4n) is 5.79. The van der Waals surface area contributed by atoms with Crippen LogP contribution in [0.5, 0.6) is 5.75 Å². The lowest BCUT2D eigenvalue weighted by Gasteiger charge is -2.09. The lowest BCUT2D eigenvalue weighted by atomic mass is 10.0. The number of rotatable bonds is 14. The van der Waals surface area contributed by atoms with E-state index in [0.717, 1.165) is 36.5 Å². The zero-order valence-corrected chi connectivity index (χ0v) is 35.3. The average Bonchev–Trinajstić information content (AvgIpc) is 3.17. The first-order valence-corrected chi connectivity index (χ1v) is 20.0. The summed E-state index contributed by atoms with van der Waals surface area (Å²) in [7, 11) is 1.40. The number of methoxy groups -OCH3 is 1. The molecule has 0 amide bonds. The van der Waals surface area contributed by atoms with Gasteiger partial charge in [0.1, 0.15) is 12.4 Å². The van der Waals surface area contributed by atoms with Gasteiger partial charge < -0.3 is 14.6 Å². The van der Waals surface area contributed by atoms with E-state index in [9.17, 15) is 9.59 Å². The van der Waals surface area contributed by atoms with Crippen LogP contribution in [-0.4, -0.2) is 24.2 Å². The summed E-state index contributed by atoms with van der Waals surface area (Å²) < 4.78 is 10.5. The average molecular weight is 759 g/mol. The number of carboxylic acids is 1. The van der Waals surface area contributed by atoms with E-state index in [1.54, 1.807) is 24.3 Å². The molecule has 0 fully saturated rings. The third-order valence-electron chi connectivity index (χ3n) is 8.45. The number of benzene rings is 5. The Labute approximate surface area is 338 Å². The molecular formula is C51H66O5. The standard InChI is InChI=1S/C17H20O.C12H16O2.C11H14O2.C11H16/c1-14(2)11-16-9-6-10-17(12-16)18-13-15-7-4-3-5-8-15;1-9(2)7-10-5-4-6-11(8-10)12(13)14-3;1-8(2)6-9-4-3-5-10(7-9)11(12)13;1-10(2)8-9-11-6-4-3-5-7-11/h3-10,12,14H,11,13H2,1-2H3;4-6,8-9H,7H2,1-3H3;3-5,7-8H,6H2,1-2H3,(H,12,13);3-7,10H,8-9H2,1-2H3. The molecule has 5 nitrogen and oxygen atoms in total. The molecule has 5 aromatic carbocycles. The molecule has 5 heteroatoms. The summed E-state index contributed by atoms with van der Waals surface area (Å²) in [6.45, 7) is 18.2. The quantitative estimate of drug-likeness (QED) is 0.114. The molecule has 0 bridgehead atoms. The summed E-state index contributed by atoms with van der Waals surface area (Å²) >= 11 is 0. The number of aromatic carboxylic acids is 1. The second-order valence-electron chi connectivity index (χ2n) is 15.8. The Morgan fingerprint density at radius 3 is 1.39 bits per heavy atom. The van der Waals surface area contributed by atoms with Crippen molar-refractivity contribution in [1.82, 2.24) is 0 Å². The third-order valence-corrected chi connectivity index (χ3v) is 8.45. The highest BCUT2D eigenvalue weighted by Gasteiger charge is 2.07. The van der Waals surface area contributed by atoms with E-state index in [4.69, 9.17) is 9.84 Å². The zero-order valence-electron chi connectivity index (χ0n) is 35.3. The van der Waals surface area contributed by atoms with Crippen molar-refractivity contribution in [2.45, 2.75) is 94.1 Å². The smallest absolute Gasteiger partial charge is 0.337 e. The van der Waals surface area contributed by atoms with Gasteiger partial charge in [-0.15, -0.1) is 0 Å². The number of aryl methyl sites for hydroxylation is 1. The highest BCUT2D eigenvalue weighted by molar-refractivity contribution is 5.89. The minimum atomic E-state index is -0.856. The summed E-state index contributed by atoms with van der Waals surface area (Å²) in [4.78, 5) is 21.9. The summed E-state index contributed by atoms with van der Waals surface area (Å²) in [6.07, 6.45) is 5.54. The minimum Gasteiger partial charge on any atom is -0.489 e. The number of ether oxygens (including phenoxy) is 2. The van der Waals surface area contributed by atoms with Crippen LogP contribution in [0.3, 0.4) is 0 Å². The second-order valence-corrected chi connectivity index (χ2v) is 15.8. The normalized spacial score (nSPS) is 10.4. The molecule has 0 aliphatic heterocycles. The Kier molecular flexibility index (Phi) is 22.3. The van der Waals surface area contributed by atoms with Crippen LogP contribution in [0.15, 0.2) is 133 Å². The van der Waals surface area contributed by atoms with Crippen molar-refractivity contribution in [1.29, 1.82) is 0 Å². The number of esters is 1. The molecule has 5 rings (SSSR count). The number of carbonyl (C=O) groups excluding carboxylic acids is 1. The molecule has 0 saturated carbocycles. The maximum absolute atomic E-state index is 11.2. The van der Waals surface area contributed by atoms with E-state index in [1.165, 1.54) is 42.2 Å². The summed E-state index contributed by atoms with van der Waals surface area (Å²) in [5, 5.41) is 8.74. The summed E-state index contributed by atoms with van der Waals surface area (Å²) in [5.41, 5.74) is 7.28. The van der Waals surface area contributed by atoms with E-state index in [-0.39, 0.29) is 5.97 Å². The van der Waals surface area contributed by atoms with E-state index in [2.05, 4.69) is 121 Å². The van der Waals surface area contributed by atoms with Gasteiger partial charge in [0.2, 0.25) is 0 Å². The first-order valence-electron chi connectivity index (χ1n) is 20.0. The summed E-state index contributed by atoms with van der Waals surface area (Å²) in [5.74, 6) is 2.48. The molecule has 0 radical (unpaired) electrons. The molecule has 0 atom stereocenters. The second kappa shape index (κ2) is 26.6. The molecule has 0 aliphatic rings. The van der Waals surface area contributed by atoms with E-state index in [1.807, 2.05) is 48.5 Å². The predicted octanol–water partition coefficient (Wildman–Crippen LogP) is 13.0. The van der Waals surface area contributed by atoms with Crippen molar-refractivity contribution in [3.8, 4) is 5.75 Å². The lowest BCUT2D eigenvalue weighted by molar-refractivity contribution is 0.0599. The van der Waals surface area contributed by atoms with Crippen molar-refractivity contribution in [3.05, 3.63) is 172 Å². The van der Waals surface area contributed by atoms with Crippen LogP contribution < -0.4 is 4.74 Å². The highest BCUT2D eigenvalue weighted by Crippen LogP contribution is 2.18. The van der Waals surface area contributed by atoms with E-state index < -0.39 is 5.97 Å². The molecule has 0 heterocycles. The van der Waals surface area contributed by atoms with Gasteiger partial charge in [-0.3, -0.25) is 0 Å². The van der Waals surface area contributed by atoms with Crippen molar-refractivity contribution in [2.75, 3.05) is 7.11 Å². The Morgan fingerprint density at radius 2 is 0.929 bits per heavy atom. The predicted molar refractivity (Wildman–Crippen MR) is 234 cm³/mol. The van der Waals surface area contributed by atoms with Gasteiger partial charge in [0.25, 0.3) is 0 Å². The van der Waals surface area contributed by atoms with E-state index in [0.29, 0.717) is 35.5 Å². The highest BCUT2D eigenvalue weighted by atomic mass is 16.5. The fourth-order valence-corrected chi connectivity index (χ4v) is 5.79. The molecular weight excluding hydrogens is 693 g/mol. The van der Waals surface area contributed by atoms with Gasteiger partial charge in [0.15, 0.2) is 0 Å². The van der Waals surface area contributed by atoms with Crippen molar-refractivity contribution >= 4 is 11.9 Å². The Bertz CT molecular complexity index is 1810. The fraction of sp³-hybridized carbons (Fsp3) is 0.373. The number of hydrogen-bond acceptors (Lipinski definition) is 4. The largest absolute Gasteiger partial charge is 0.489 e. The van der Waals surface area contributed by atoms with Crippen LogP contribution in [0.25, 0.3) is 0 Å². The van der Waals surface area contributed by atoms with E-state index >= 15 is 0 Å². The third kappa shape index (κ3) is 21.1. The van der Waals surface area contributed by atoms with Gasteiger partial charge in [-0.05, 0) is 120 Å². The zero-order chi connectivity index (χ0) is 41.3. The molecule has 0 aromatic heterocycles. The molecule has 0 unspecified atom stereocenters. The maximum Gasteiger partial charge on any atom is 0.337 e. The Balaban J connectivity index is 0.000000262. The molecule has 56 heavy (non-hydrogen) atoms. The van der Waals surface area contributed by atoms with Gasteiger partial charge >= 0.3 is 11.9 Å². The van der Waals surface area contributed by atoms with Gasteiger partial charge in [-0.25, -0.2) is 9.59 Å². The summed E-state index contributed by atoms with van der Waals surface area (Å²) in [6, 6.07) is 44.0. The van der Waals surface area contributed by atoms with Crippen LogP contribution in [0.2, 0.25) is 0 Å². The monoisotopic (exact) mass is 758 g/mol. The van der Waals surface area contributed by atoms with Gasteiger partial charge in [-0.2, -0.15) is 0 Å². The molecule has 300 valence electrons. The topological polar surface area (TPSA) is 72.8 Å². The van der Waals surface area contributed by atoms with Crippen LogP contribution in [0, 0.1) is 23.7 Å². The first-order chi connectivity index (χ1) is 26.7. The van der Waals surface area contributed by atoms with Crippen LogP contribution >= 0.6 is 0 Å². The van der Waals surface area contributed by atoms with Crippen LogP contribution in [-0.2, 0) is 37.0 Å². The van der Waals surface area contributed by atoms with Crippen molar-refractivity contribution in [3.63, 3.8) is 0 Å². The molecule has 0 aliphatic carbocycles.